The SMILES string of the molecule is Cc1ccc(N2CC(C(=O)Nc3ccc(S(=O)(=O)NC(C)(C)C)cc3)CC2=O)cc1C. The number of sulfonamides is 1. The van der Waals surface area contributed by atoms with Crippen molar-refractivity contribution in [1.29, 1.82) is 0 Å². The highest BCUT2D eigenvalue weighted by Crippen LogP contribution is 2.28. The summed E-state index contributed by atoms with van der Waals surface area (Å²) < 4.78 is 27.4. The predicted molar refractivity (Wildman–Crippen MR) is 122 cm³/mol. The molecule has 1 aliphatic rings. The number of carbonyl (C=O) groups is 2. The van der Waals surface area contributed by atoms with E-state index < -0.39 is 21.5 Å². The summed E-state index contributed by atoms with van der Waals surface area (Å²) in [7, 11) is -3.64. The molecule has 166 valence electrons. The summed E-state index contributed by atoms with van der Waals surface area (Å²) >= 11 is 0. The topological polar surface area (TPSA) is 95.6 Å². The number of benzene rings is 2. The molecule has 3 rings (SSSR count). The quantitative estimate of drug-likeness (QED) is 0.741. The largest absolute Gasteiger partial charge is 0.326 e. The molecule has 2 aromatic rings. The highest BCUT2D eigenvalue weighted by molar-refractivity contribution is 7.89. The molecule has 1 atom stereocenters. The molecule has 0 bridgehead atoms. The van der Waals surface area contributed by atoms with Gasteiger partial charge in [-0.05, 0) is 82.1 Å². The van der Waals surface area contributed by atoms with Gasteiger partial charge in [-0.15, -0.1) is 0 Å². The molecular formula is C23H29N3O4S. The van der Waals surface area contributed by atoms with Crippen molar-refractivity contribution in [3.63, 3.8) is 0 Å². The Labute approximate surface area is 183 Å². The molecule has 31 heavy (non-hydrogen) atoms. The smallest absolute Gasteiger partial charge is 0.241 e. The van der Waals surface area contributed by atoms with Gasteiger partial charge in [0.1, 0.15) is 0 Å². The van der Waals surface area contributed by atoms with Crippen molar-refractivity contribution < 1.29 is 18.0 Å². The van der Waals surface area contributed by atoms with Gasteiger partial charge in [0.15, 0.2) is 0 Å². The van der Waals surface area contributed by atoms with Crippen LogP contribution in [-0.4, -0.2) is 32.3 Å². The molecule has 0 aromatic heterocycles. The summed E-state index contributed by atoms with van der Waals surface area (Å²) in [5.74, 6) is -0.818. The zero-order valence-electron chi connectivity index (χ0n) is 18.5. The van der Waals surface area contributed by atoms with Crippen LogP contribution in [0, 0.1) is 19.8 Å². The van der Waals surface area contributed by atoms with Gasteiger partial charge in [-0.25, -0.2) is 13.1 Å². The molecule has 1 unspecified atom stereocenters. The van der Waals surface area contributed by atoms with Crippen molar-refractivity contribution in [2.24, 2.45) is 5.92 Å². The fraction of sp³-hybridized carbons (Fsp3) is 0.391. The monoisotopic (exact) mass is 443 g/mol. The first-order chi connectivity index (χ1) is 14.4. The molecule has 1 fully saturated rings. The molecule has 1 heterocycles. The maximum atomic E-state index is 12.7. The van der Waals surface area contributed by atoms with Gasteiger partial charge in [0.2, 0.25) is 21.8 Å². The lowest BCUT2D eigenvalue weighted by Gasteiger charge is -2.20. The van der Waals surface area contributed by atoms with Crippen molar-refractivity contribution in [1.82, 2.24) is 4.72 Å². The number of aryl methyl sites for hydroxylation is 2. The summed E-state index contributed by atoms with van der Waals surface area (Å²) in [6, 6.07) is 11.8. The van der Waals surface area contributed by atoms with E-state index in [1.165, 1.54) is 12.1 Å². The molecular weight excluding hydrogens is 414 g/mol. The molecule has 1 saturated heterocycles. The van der Waals surface area contributed by atoms with Gasteiger partial charge < -0.3 is 10.2 Å². The van der Waals surface area contributed by atoms with Gasteiger partial charge in [-0.2, -0.15) is 0 Å². The summed E-state index contributed by atoms with van der Waals surface area (Å²) in [5, 5.41) is 2.79. The van der Waals surface area contributed by atoms with E-state index in [4.69, 9.17) is 0 Å². The number of carbonyl (C=O) groups excluding carboxylic acids is 2. The Morgan fingerprint density at radius 3 is 2.26 bits per heavy atom. The lowest BCUT2D eigenvalue weighted by atomic mass is 10.1. The van der Waals surface area contributed by atoms with Crippen LogP contribution in [0.15, 0.2) is 47.4 Å². The molecule has 2 amide bonds. The molecule has 1 aliphatic heterocycles. The van der Waals surface area contributed by atoms with Crippen molar-refractivity contribution >= 4 is 33.2 Å². The first-order valence-corrected chi connectivity index (χ1v) is 11.7. The van der Waals surface area contributed by atoms with E-state index in [0.717, 1.165) is 16.8 Å². The van der Waals surface area contributed by atoms with E-state index in [1.54, 1.807) is 37.8 Å². The minimum atomic E-state index is -3.64. The number of nitrogens with zero attached hydrogens (tertiary/aromatic N) is 1. The second kappa shape index (κ2) is 8.43. The Balaban J connectivity index is 1.67. The Morgan fingerprint density at radius 1 is 1.03 bits per heavy atom. The third kappa shape index (κ3) is 5.51. The van der Waals surface area contributed by atoms with E-state index in [0.29, 0.717) is 12.2 Å². The Hall–Kier alpha value is -2.71. The normalized spacial score (nSPS) is 17.1. The molecule has 2 aromatic carbocycles. The minimum absolute atomic E-state index is 0.0851. The highest BCUT2D eigenvalue weighted by atomic mass is 32.2. The van der Waals surface area contributed by atoms with Crippen LogP contribution in [0.5, 0.6) is 0 Å². The summed E-state index contributed by atoms with van der Waals surface area (Å²) in [6.07, 6.45) is 0.140. The first kappa shape index (κ1) is 23.0. The van der Waals surface area contributed by atoms with Gasteiger partial charge in [0, 0.05) is 29.9 Å². The van der Waals surface area contributed by atoms with Crippen LogP contribution < -0.4 is 14.9 Å². The van der Waals surface area contributed by atoms with E-state index >= 15 is 0 Å². The molecule has 8 heteroatoms. The number of hydrogen-bond donors (Lipinski definition) is 2. The number of rotatable bonds is 5. The minimum Gasteiger partial charge on any atom is -0.326 e. The fourth-order valence-electron chi connectivity index (χ4n) is 3.45. The molecule has 0 aliphatic carbocycles. The van der Waals surface area contributed by atoms with E-state index in [-0.39, 0.29) is 23.1 Å². The van der Waals surface area contributed by atoms with Crippen LogP contribution in [0.1, 0.15) is 38.3 Å². The second-order valence-electron chi connectivity index (χ2n) is 9.04. The van der Waals surface area contributed by atoms with Gasteiger partial charge in [0.25, 0.3) is 0 Å². The van der Waals surface area contributed by atoms with Crippen LogP contribution in [0.3, 0.4) is 0 Å². The zero-order chi connectivity index (χ0) is 23.0. The van der Waals surface area contributed by atoms with Gasteiger partial charge in [0.05, 0.1) is 10.8 Å². The highest BCUT2D eigenvalue weighted by Gasteiger charge is 2.35. The summed E-state index contributed by atoms with van der Waals surface area (Å²) in [6.45, 7) is 9.62. The van der Waals surface area contributed by atoms with Crippen LogP contribution in [0.4, 0.5) is 11.4 Å². The van der Waals surface area contributed by atoms with Crippen LogP contribution in [0.25, 0.3) is 0 Å². The third-order valence-corrected chi connectivity index (χ3v) is 6.94. The van der Waals surface area contributed by atoms with Gasteiger partial charge in [-0.3, -0.25) is 9.59 Å². The molecule has 2 N–H and O–H groups in total. The zero-order valence-corrected chi connectivity index (χ0v) is 19.3. The van der Waals surface area contributed by atoms with Gasteiger partial charge >= 0.3 is 0 Å². The second-order valence-corrected chi connectivity index (χ2v) is 10.7. The lowest BCUT2D eigenvalue weighted by molar-refractivity contribution is -0.122. The molecule has 7 nitrogen and oxygen atoms in total. The van der Waals surface area contributed by atoms with Crippen LogP contribution in [0.2, 0.25) is 0 Å². The van der Waals surface area contributed by atoms with Crippen molar-refractivity contribution in [2.75, 3.05) is 16.8 Å². The van der Waals surface area contributed by atoms with E-state index in [9.17, 15) is 18.0 Å². The van der Waals surface area contributed by atoms with Crippen molar-refractivity contribution in [3.8, 4) is 0 Å². The maximum absolute atomic E-state index is 12.7. The van der Waals surface area contributed by atoms with E-state index in [1.807, 2.05) is 32.0 Å². The standard InChI is InChI=1S/C23H29N3O4S/c1-15-6-9-19(12-16(15)2)26-14-17(13-21(26)27)22(28)24-18-7-10-20(11-8-18)31(29,30)25-23(3,4)5/h6-12,17,25H,13-14H2,1-5H3,(H,24,28). The molecule has 0 saturated carbocycles. The van der Waals surface area contributed by atoms with Gasteiger partial charge in [-0.1, -0.05) is 6.07 Å². The number of nitrogens with one attached hydrogen (secondary N) is 2. The third-order valence-electron chi connectivity index (χ3n) is 5.17. The number of amides is 2. The van der Waals surface area contributed by atoms with E-state index in [2.05, 4.69) is 10.0 Å². The Morgan fingerprint density at radius 2 is 1.68 bits per heavy atom. The lowest BCUT2D eigenvalue weighted by Crippen LogP contribution is -2.40. The summed E-state index contributed by atoms with van der Waals surface area (Å²) in [4.78, 5) is 27.0. The number of anilines is 2. The predicted octanol–water partition coefficient (Wildman–Crippen LogP) is 3.37. The fourth-order valence-corrected chi connectivity index (χ4v) is 4.87. The maximum Gasteiger partial charge on any atom is 0.241 e. The number of hydrogen-bond acceptors (Lipinski definition) is 4. The summed E-state index contributed by atoms with van der Waals surface area (Å²) in [5.41, 5.74) is 2.92. The Bertz CT molecular complexity index is 1100. The van der Waals surface area contributed by atoms with Crippen LogP contribution in [-0.2, 0) is 19.6 Å². The van der Waals surface area contributed by atoms with Crippen molar-refractivity contribution in [2.45, 2.75) is 51.5 Å². The average Bonchev–Trinajstić information content (AvgIpc) is 3.04. The average molecular weight is 444 g/mol. The first-order valence-electron chi connectivity index (χ1n) is 10.2. The van der Waals surface area contributed by atoms with Crippen molar-refractivity contribution in [3.05, 3.63) is 53.6 Å². The molecule has 0 spiro atoms. The Kier molecular flexibility index (Phi) is 6.25. The molecule has 0 radical (unpaired) electrons. The van der Waals surface area contributed by atoms with Crippen LogP contribution >= 0.6 is 0 Å².